The molecule has 0 aromatic carbocycles. The van der Waals surface area contributed by atoms with Crippen LogP contribution < -0.4 is 0 Å². The van der Waals surface area contributed by atoms with Gasteiger partial charge in [-0.2, -0.15) is 0 Å². The Labute approximate surface area is 27.6 Å². The molecule has 0 aromatic heterocycles. The van der Waals surface area contributed by atoms with Crippen molar-refractivity contribution in [1.29, 1.82) is 0 Å². The van der Waals surface area contributed by atoms with E-state index in [-0.39, 0.29) is 0 Å². The van der Waals surface area contributed by atoms with E-state index in [1.54, 1.807) is 6.92 Å². The molecule has 0 unspecified atom stereocenters. The van der Waals surface area contributed by atoms with Gasteiger partial charge in [0, 0.05) is 0 Å². The Morgan fingerprint density at radius 1 is 2.00 bits per heavy atom. The molecule has 0 aliphatic rings. The molecule has 26 valence electrons. The quantitative estimate of drug-likeness (QED) is 0.369. The van der Waals surface area contributed by atoms with Crippen molar-refractivity contribution in [3.63, 3.8) is 0 Å². The molecule has 0 saturated heterocycles. The van der Waals surface area contributed by atoms with Gasteiger partial charge in [-0.1, -0.05) is 0 Å². The van der Waals surface area contributed by atoms with Crippen molar-refractivity contribution >= 4 is 14.8 Å². The minimum atomic E-state index is 0.306. The van der Waals surface area contributed by atoms with Crippen molar-refractivity contribution in [3.8, 4) is 0 Å². The van der Waals surface area contributed by atoms with Gasteiger partial charge in [-0.3, -0.25) is 0 Å². The van der Waals surface area contributed by atoms with Crippen LogP contribution in [0.1, 0.15) is 6.92 Å². The maximum atomic E-state index is 9.51. The van der Waals surface area contributed by atoms with E-state index in [2.05, 4.69) is 0 Å². The zero-order chi connectivity index (χ0) is 3.58. The molecule has 2 heteroatoms. The normalized spacial score (nSPS) is 6.75. The molecular formula is C2H7OP. The van der Waals surface area contributed by atoms with Gasteiger partial charge in [0.05, 0.1) is 0 Å². The van der Waals surface area contributed by atoms with Gasteiger partial charge >= 0.3 is 26.5 Å². The summed E-state index contributed by atoms with van der Waals surface area (Å²) in [5.41, 5.74) is 0.306. The van der Waals surface area contributed by atoms with Crippen LogP contribution in [0.5, 0.6) is 0 Å². The van der Waals surface area contributed by atoms with E-state index in [1.807, 2.05) is 0 Å². The molecule has 0 atom stereocenters. The third-order valence-corrected chi connectivity index (χ3v) is 0. The maximum absolute atomic E-state index is 9.51. The minimum absolute atomic E-state index is 0.306. The summed E-state index contributed by atoms with van der Waals surface area (Å²) in [6.07, 6.45) is 0. The molecule has 0 N–H and O–H groups in total. The first-order valence-corrected chi connectivity index (χ1v) is 2.20. The van der Waals surface area contributed by atoms with Crippen LogP contribution >= 0.6 is 9.24 Å². The Morgan fingerprint density at radius 2 is 2.00 bits per heavy atom. The van der Waals surface area contributed by atoms with E-state index >= 15 is 0 Å². The summed E-state index contributed by atoms with van der Waals surface area (Å²) < 4.78 is 0. The molecular weight excluding hydrogens is 71.0 g/mol. The molecule has 4 heavy (non-hydrogen) atoms. The van der Waals surface area contributed by atoms with Gasteiger partial charge in [0.1, 0.15) is 0 Å². The van der Waals surface area contributed by atoms with Crippen LogP contribution in [0.2, 0.25) is 0 Å². The average molecular weight is 78.1 g/mol. The van der Waals surface area contributed by atoms with Crippen LogP contribution in [0, 0.1) is 0 Å². The summed E-state index contributed by atoms with van der Waals surface area (Å²) in [6, 6.07) is 0. The Kier molecular flexibility index (Phi) is 1.46. The summed E-state index contributed by atoms with van der Waals surface area (Å²) in [6.45, 7) is 1.59. The second kappa shape index (κ2) is 1.42. The van der Waals surface area contributed by atoms with E-state index < -0.39 is 0 Å². The zero-order valence-corrected chi connectivity index (χ0v) is 4.91. The van der Waals surface area contributed by atoms with E-state index in [0.717, 1.165) is 0 Å². The van der Waals surface area contributed by atoms with Crippen molar-refractivity contribution in [2.24, 2.45) is 0 Å². The van der Waals surface area contributed by atoms with Crippen LogP contribution in [-0.2, 0) is 4.79 Å². The molecule has 0 saturated carbocycles. The molecule has 0 spiro atoms. The summed E-state index contributed by atoms with van der Waals surface area (Å²) in [5.74, 6) is 0. The van der Waals surface area contributed by atoms with Crippen molar-refractivity contribution in [3.05, 3.63) is 0 Å². The topological polar surface area (TPSA) is 17.1 Å². The van der Waals surface area contributed by atoms with Crippen LogP contribution in [-0.4, -0.2) is 5.52 Å². The second-order valence-corrected chi connectivity index (χ2v) is 2.32. The standard InChI is InChI=1S/C2H7OP/c1-2(3)4/h1H3,4H4. The van der Waals surface area contributed by atoms with Crippen LogP contribution in [0.25, 0.3) is 0 Å². The predicted molar refractivity (Wildman–Crippen MR) is 23.2 cm³/mol. The van der Waals surface area contributed by atoms with Crippen LogP contribution in [0.15, 0.2) is 0 Å². The third-order valence-electron chi connectivity index (χ3n) is 0. The van der Waals surface area contributed by atoms with Crippen LogP contribution in [0.4, 0.5) is 0 Å². The fourth-order valence-electron chi connectivity index (χ4n) is 0. The first kappa shape index (κ1) is 4.10. The van der Waals surface area contributed by atoms with Gasteiger partial charge in [0.2, 0.25) is 0 Å². The van der Waals surface area contributed by atoms with Crippen molar-refractivity contribution in [2.45, 2.75) is 6.92 Å². The van der Waals surface area contributed by atoms with Gasteiger partial charge in [0.25, 0.3) is 0 Å². The SMILES string of the molecule is CC(=O)[PH4]. The van der Waals surface area contributed by atoms with Gasteiger partial charge in [0.15, 0.2) is 0 Å². The molecule has 0 fully saturated rings. The molecule has 0 radical (unpaired) electrons. The molecule has 0 amide bonds. The Hall–Kier alpha value is 0.100. The second-order valence-electron chi connectivity index (χ2n) is 0.908. The van der Waals surface area contributed by atoms with Crippen LogP contribution in [0.3, 0.4) is 0 Å². The Balaban J connectivity index is 2.80. The van der Waals surface area contributed by atoms with E-state index in [4.69, 9.17) is 0 Å². The number of hydrogen-bond acceptors (Lipinski definition) is 1. The number of carbonyl (C=O) groups excluding carboxylic acids is 1. The monoisotopic (exact) mass is 78.0 g/mol. The number of carbonyl (C=O) groups is 1. The van der Waals surface area contributed by atoms with Crippen molar-refractivity contribution < 1.29 is 4.79 Å². The predicted octanol–water partition coefficient (Wildman–Crippen LogP) is -0.127. The number of hydrogen-bond donors (Lipinski definition) is 0. The van der Waals surface area contributed by atoms with E-state index in [0.29, 0.717) is 14.8 Å². The molecule has 0 aromatic rings. The number of rotatable bonds is 0. The first-order chi connectivity index (χ1) is 1.73. The average Bonchev–Trinajstić information content (AvgIpc) is 0.811. The van der Waals surface area contributed by atoms with E-state index in [9.17, 15) is 4.79 Å². The molecule has 0 aliphatic carbocycles. The van der Waals surface area contributed by atoms with E-state index in [1.165, 1.54) is 0 Å². The fraction of sp³-hybridized carbons (Fsp3) is 0.500. The molecule has 0 heterocycles. The van der Waals surface area contributed by atoms with Crippen molar-refractivity contribution in [1.82, 2.24) is 0 Å². The summed E-state index contributed by atoms with van der Waals surface area (Å²) in [5, 5.41) is 0. The zero-order valence-electron chi connectivity index (χ0n) is 2.91. The summed E-state index contributed by atoms with van der Waals surface area (Å²) in [4.78, 5) is 9.51. The summed E-state index contributed by atoms with van der Waals surface area (Å²) in [7, 11) is 0.710. The van der Waals surface area contributed by atoms with Crippen molar-refractivity contribution in [2.75, 3.05) is 0 Å². The first-order valence-electron chi connectivity index (χ1n) is 1.20. The molecule has 0 aliphatic heterocycles. The Morgan fingerprint density at radius 3 is 2.00 bits per heavy atom. The third kappa shape index (κ3) is 254. The van der Waals surface area contributed by atoms with Gasteiger partial charge in [-0.15, -0.1) is 0 Å². The molecule has 1 nitrogen and oxygen atoms in total. The molecule has 0 bridgehead atoms. The van der Waals surface area contributed by atoms with Gasteiger partial charge < -0.3 is 0 Å². The summed E-state index contributed by atoms with van der Waals surface area (Å²) >= 11 is 0. The fourth-order valence-corrected chi connectivity index (χ4v) is 0. The Bertz CT molecular complexity index is 29.0. The van der Waals surface area contributed by atoms with Gasteiger partial charge in [-0.05, 0) is 0 Å². The van der Waals surface area contributed by atoms with Gasteiger partial charge in [-0.25, -0.2) is 0 Å². The molecule has 0 rings (SSSR count).